The monoisotopic (exact) mass is 396 g/mol. The molecule has 0 aromatic heterocycles. The van der Waals surface area contributed by atoms with Gasteiger partial charge in [-0.15, -0.1) is 0 Å². The molecule has 2 aromatic carbocycles. The lowest BCUT2D eigenvalue weighted by atomic mass is 10.1. The first-order valence-electron chi connectivity index (χ1n) is 9.35. The summed E-state index contributed by atoms with van der Waals surface area (Å²) in [6.07, 6.45) is -1.05. The van der Waals surface area contributed by atoms with Gasteiger partial charge in [0.25, 0.3) is 17.7 Å². The van der Waals surface area contributed by atoms with Crippen molar-refractivity contribution < 1.29 is 19.1 Å². The fourth-order valence-corrected chi connectivity index (χ4v) is 3.29. The molecule has 152 valence electrons. The zero-order chi connectivity index (χ0) is 20.8. The normalized spacial score (nSPS) is 15.9. The topological polar surface area (TPSA) is 105 Å². The lowest BCUT2D eigenvalue weighted by Gasteiger charge is -2.29. The second-order valence-corrected chi connectivity index (χ2v) is 6.55. The maximum atomic E-state index is 13.1. The van der Waals surface area contributed by atoms with E-state index in [1.54, 1.807) is 48.5 Å². The molecule has 1 atom stereocenters. The predicted molar refractivity (Wildman–Crippen MR) is 107 cm³/mol. The first-order chi connectivity index (χ1) is 14.1. The van der Waals surface area contributed by atoms with E-state index >= 15 is 0 Å². The van der Waals surface area contributed by atoms with Gasteiger partial charge in [-0.25, -0.2) is 0 Å². The number of nitrogens with one attached hydrogen (secondary N) is 1. The molecular formula is C21H24N4O4. The highest BCUT2D eigenvalue weighted by Crippen LogP contribution is 2.22. The third-order valence-corrected chi connectivity index (χ3v) is 4.71. The summed E-state index contributed by atoms with van der Waals surface area (Å²) in [5.41, 5.74) is 6.33. The molecule has 1 heterocycles. The maximum absolute atomic E-state index is 13.1. The van der Waals surface area contributed by atoms with Crippen LogP contribution in [0.1, 0.15) is 20.7 Å². The van der Waals surface area contributed by atoms with Crippen molar-refractivity contribution in [2.45, 2.75) is 6.17 Å². The Morgan fingerprint density at radius 1 is 1.00 bits per heavy atom. The number of hydrogen-bond acceptors (Lipinski definition) is 5. The molecule has 0 aliphatic carbocycles. The molecule has 2 aromatic rings. The minimum Gasteiger partial charge on any atom is -0.497 e. The Labute approximate surface area is 169 Å². The number of nitrogens with two attached hydrogens (primary N) is 1. The van der Waals surface area contributed by atoms with Crippen LogP contribution in [0, 0.1) is 0 Å². The van der Waals surface area contributed by atoms with Gasteiger partial charge in [0.05, 0.1) is 7.11 Å². The van der Waals surface area contributed by atoms with Gasteiger partial charge >= 0.3 is 0 Å². The largest absolute Gasteiger partial charge is 0.497 e. The second kappa shape index (κ2) is 9.20. The van der Waals surface area contributed by atoms with E-state index in [0.29, 0.717) is 16.9 Å². The quantitative estimate of drug-likeness (QED) is 0.748. The van der Waals surface area contributed by atoms with Crippen LogP contribution >= 0.6 is 0 Å². The van der Waals surface area contributed by atoms with Crippen molar-refractivity contribution in [2.24, 2.45) is 5.73 Å². The number of carbonyl (C=O) groups excluding carboxylic acids is 3. The predicted octanol–water partition coefficient (Wildman–Crippen LogP) is 0.694. The Morgan fingerprint density at radius 3 is 2.24 bits per heavy atom. The average Bonchev–Trinajstić information content (AvgIpc) is 3.22. The maximum Gasteiger partial charge on any atom is 0.263 e. The van der Waals surface area contributed by atoms with E-state index in [9.17, 15) is 14.4 Å². The molecular weight excluding hydrogens is 372 g/mol. The Morgan fingerprint density at radius 2 is 1.62 bits per heavy atom. The van der Waals surface area contributed by atoms with Gasteiger partial charge in [0.15, 0.2) is 6.17 Å². The number of amides is 3. The minimum absolute atomic E-state index is 0.245. The Balaban J connectivity index is 1.90. The molecule has 0 spiro atoms. The molecule has 1 saturated heterocycles. The Kier molecular flexibility index (Phi) is 6.46. The average molecular weight is 396 g/mol. The Hall–Kier alpha value is -3.39. The highest BCUT2D eigenvalue weighted by molar-refractivity contribution is 6.02. The van der Waals surface area contributed by atoms with Gasteiger partial charge in [0, 0.05) is 37.3 Å². The van der Waals surface area contributed by atoms with Crippen molar-refractivity contribution >= 4 is 17.7 Å². The van der Waals surface area contributed by atoms with E-state index in [4.69, 9.17) is 10.5 Å². The van der Waals surface area contributed by atoms with Crippen molar-refractivity contribution in [3.8, 4) is 5.75 Å². The molecule has 1 fully saturated rings. The van der Waals surface area contributed by atoms with Gasteiger partial charge in [0.2, 0.25) is 0 Å². The summed E-state index contributed by atoms with van der Waals surface area (Å²) in [6.45, 7) is 1.01. The summed E-state index contributed by atoms with van der Waals surface area (Å²) in [5.74, 6) is -0.551. The molecule has 3 amide bonds. The van der Waals surface area contributed by atoms with Crippen LogP contribution in [0.3, 0.4) is 0 Å². The first kappa shape index (κ1) is 20.3. The fourth-order valence-electron chi connectivity index (χ4n) is 3.29. The van der Waals surface area contributed by atoms with Crippen molar-refractivity contribution in [1.29, 1.82) is 0 Å². The number of methoxy groups -OCH3 is 1. The molecule has 0 bridgehead atoms. The number of rotatable bonds is 6. The van der Waals surface area contributed by atoms with Gasteiger partial charge in [-0.1, -0.05) is 24.3 Å². The van der Waals surface area contributed by atoms with E-state index < -0.39 is 12.1 Å². The Bertz CT molecular complexity index is 887. The summed E-state index contributed by atoms with van der Waals surface area (Å²) in [5, 5.41) is 2.69. The first-order valence-corrected chi connectivity index (χ1v) is 9.35. The zero-order valence-corrected chi connectivity index (χ0v) is 16.2. The molecule has 1 unspecified atom stereocenters. The lowest BCUT2D eigenvalue weighted by molar-refractivity contribution is -0.128. The van der Waals surface area contributed by atoms with Crippen LogP contribution in [-0.4, -0.2) is 67.0 Å². The number of benzene rings is 2. The van der Waals surface area contributed by atoms with Crippen LogP contribution in [-0.2, 0) is 4.79 Å². The van der Waals surface area contributed by atoms with Crippen LogP contribution in [0.4, 0.5) is 0 Å². The third-order valence-electron chi connectivity index (χ3n) is 4.71. The minimum atomic E-state index is -1.05. The van der Waals surface area contributed by atoms with Crippen LogP contribution in [0.15, 0.2) is 54.6 Å². The second-order valence-electron chi connectivity index (χ2n) is 6.55. The number of carbonyl (C=O) groups is 3. The van der Waals surface area contributed by atoms with Gasteiger partial charge in [-0.3, -0.25) is 14.4 Å². The van der Waals surface area contributed by atoms with E-state index in [-0.39, 0.29) is 38.0 Å². The number of hydrogen-bond donors (Lipinski definition) is 2. The summed E-state index contributed by atoms with van der Waals surface area (Å²) < 4.78 is 5.18. The van der Waals surface area contributed by atoms with Gasteiger partial charge in [-0.2, -0.15) is 0 Å². The van der Waals surface area contributed by atoms with E-state index in [1.165, 1.54) is 16.9 Å². The lowest BCUT2D eigenvalue weighted by Crippen LogP contribution is -2.54. The summed E-state index contributed by atoms with van der Waals surface area (Å²) in [6, 6.07) is 15.4. The molecule has 3 rings (SSSR count). The summed E-state index contributed by atoms with van der Waals surface area (Å²) in [7, 11) is 1.52. The van der Waals surface area contributed by atoms with Crippen molar-refractivity contribution in [2.75, 3.05) is 33.3 Å². The van der Waals surface area contributed by atoms with E-state index in [0.717, 1.165) is 0 Å². The number of ether oxygens (including phenoxy) is 1. The summed E-state index contributed by atoms with van der Waals surface area (Å²) >= 11 is 0. The highest BCUT2D eigenvalue weighted by atomic mass is 16.5. The molecule has 1 aliphatic rings. The highest BCUT2D eigenvalue weighted by Gasteiger charge is 2.43. The van der Waals surface area contributed by atoms with Crippen molar-refractivity contribution in [3.63, 3.8) is 0 Å². The third kappa shape index (κ3) is 4.38. The van der Waals surface area contributed by atoms with Crippen LogP contribution in [0.2, 0.25) is 0 Å². The molecule has 3 N–H and O–H groups in total. The standard InChI is InChI=1S/C21H24N4O4/c1-29-17-9-5-8-16(14-17)21(28)25-13-12-24(19(25)18(26)23-11-10-22)20(27)15-6-3-2-4-7-15/h2-9,14,19H,10-13,22H2,1H3,(H,23,26). The molecule has 0 saturated carbocycles. The van der Waals surface area contributed by atoms with Gasteiger partial charge in [0.1, 0.15) is 5.75 Å². The molecule has 8 nitrogen and oxygen atoms in total. The molecule has 1 aliphatic heterocycles. The van der Waals surface area contributed by atoms with Crippen LogP contribution in [0.25, 0.3) is 0 Å². The van der Waals surface area contributed by atoms with Crippen molar-refractivity contribution in [1.82, 2.24) is 15.1 Å². The van der Waals surface area contributed by atoms with Gasteiger partial charge < -0.3 is 25.6 Å². The fraction of sp³-hybridized carbons (Fsp3) is 0.286. The van der Waals surface area contributed by atoms with Crippen molar-refractivity contribution in [3.05, 3.63) is 65.7 Å². The number of nitrogens with zero attached hydrogens (tertiary/aromatic N) is 2. The van der Waals surface area contributed by atoms with Crippen LogP contribution in [0.5, 0.6) is 5.75 Å². The van der Waals surface area contributed by atoms with E-state index in [2.05, 4.69) is 5.32 Å². The summed E-state index contributed by atoms with van der Waals surface area (Å²) in [4.78, 5) is 41.8. The van der Waals surface area contributed by atoms with E-state index in [1.807, 2.05) is 6.07 Å². The van der Waals surface area contributed by atoms with Crippen LogP contribution < -0.4 is 15.8 Å². The zero-order valence-electron chi connectivity index (χ0n) is 16.2. The molecule has 29 heavy (non-hydrogen) atoms. The van der Waals surface area contributed by atoms with Gasteiger partial charge in [-0.05, 0) is 30.3 Å². The molecule has 0 radical (unpaired) electrons. The smallest absolute Gasteiger partial charge is 0.263 e. The SMILES string of the molecule is COc1cccc(C(=O)N2CCN(C(=O)c3ccccc3)C2C(=O)NCCN)c1. The molecule has 8 heteroatoms.